The molecule has 0 atom stereocenters. The van der Waals surface area contributed by atoms with Crippen LogP contribution < -0.4 is 10.6 Å². The molecule has 0 radical (unpaired) electrons. The van der Waals surface area contributed by atoms with Crippen molar-refractivity contribution in [1.82, 2.24) is 9.97 Å². The van der Waals surface area contributed by atoms with E-state index in [1.54, 1.807) is 6.33 Å². The van der Waals surface area contributed by atoms with Crippen LogP contribution in [0.5, 0.6) is 0 Å². The second-order valence-electron chi connectivity index (χ2n) is 5.23. The third-order valence-electron chi connectivity index (χ3n) is 3.39. The van der Waals surface area contributed by atoms with Crippen molar-refractivity contribution in [3.05, 3.63) is 47.2 Å². The lowest BCUT2D eigenvalue weighted by Gasteiger charge is -2.08. The number of nitrogens with zero attached hydrogens (tertiary/aromatic N) is 2. The lowest BCUT2D eigenvalue weighted by Crippen LogP contribution is -2.08. The van der Waals surface area contributed by atoms with Crippen LogP contribution in [0.1, 0.15) is 31.7 Å². The van der Waals surface area contributed by atoms with Crippen molar-refractivity contribution in [2.45, 2.75) is 32.6 Å². The summed E-state index contributed by atoms with van der Waals surface area (Å²) in [5.74, 6) is 1.72. The summed E-state index contributed by atoms with van der Waals surface area (Å²) in [4.78, 5) is 8.48. The Balaban J connectivity index is 1.76. The van der Waals surface area contributed by atoms with Gasteiger partial charge in [0.05, 0.1) is 0 Å². The van der Waals surface area contributed by atoms with Gasteiger partial charge in [-0.1, -0.05) is 43.5 Å². The second-order valence-corrected chi connectivity index (χ2v) is 5.66. The molecule has 0 unspecified atom stereocenters. The molecule has 0 fully saturated rings. The topological polar surface area (TPSA) is 49.8 Å². The van der Waals surface area contributed by atoms with Gasteiger partial charge in [-0.15, -0.1) is 0 Å². The van der Waals surface area contributed by atoms with Crippen molar-refractivity contribution in [2.24, 2.45) is 0 Å². The van der Waals surface area contributed by atoms with Gasteiger partial charge in [-0.3, -0.25) is 0 Å². The molecule has 0 bridgehead atoms. The summed E-state index contributed by atoms with van der Waals surface area (Å²) in [6.45, 7) is 3.98. The van der Waals surface area contributed by atoms with Gasteiger partial charge in [-0.2, -0.15) is 0 Å². The maximum Gasteiger partial charge on any atom is 0.131 e. The minimum Gasteiger partial charge on any atom is -0.370 e. The molecule has 0 aliphatic rings. The van der Waals surface area contributed by atoms with Gasteiger partial charge in [0.1, 0.15) is 18.0 Å². The van der Waals surface area contributed by atoms with Crippen molar-refractivity contribution in [3.63, 3.8) is 0 Å². The fourth-order valence-corrected chi connectivity index (χ4v) is 2.25. The summed E-state index contributed by atoms with van der Waals surface area (Å²) in [6, 6.07) is 9.88. The molecule has 0 saturated heterocycles. The van der Waals surface area contributed by atoms with E-state index in [-0.39, 0.29) is 0 Å². The van der Waals surface area contributed by atoms with Gasteiger partial charge in [0.15, 0.2) is 0 Å². The first-order valence-corrected chi connectivity index (χ1v) is 8.20. The highest BCUT2D eigenvalue weighted by Crippen LogP contribution is 2.11. The van der Waals surface area contributed by atoms with Crippen molar-refractivity contribution < 1.29 is 0 Å². The van der Waals surface area contributed by atoms with E-state index >= 15 is 0 Å². The van der Waals surface area contributed by atoms with Crippen LogP contribution in [0.4, 0.5) is 11.6 Å². The Bertz CT molecular complexity index is 557. The van der Waals surface area contributed by atoms with Crippen molar-refractivity contribution in [2.75, 3.05) is 23.7 Å². The number of anilines is 2. The highest BCUT2D eigenvalue weighted by atomic mass is 35.5. The summed E-state index contributed by atoms with van der Waals surface area (Å²) in [5.41, 5.74) is 1.25. The summed E-state index contributed by atoms with van der Waals surface area (Å²) in [7, 11) is 0. The largest absolute Gasteiger partial charge is 0.370 e. The normalized spacial score (nSPS) is 10.5. The van der Waals surface area contributed by atoms with Crippen LogP contribution in [0.3, 0.4) is 0 Å². The van der Waals surface area contributed by atoms with Gasteiger partial charge in [0, 0.05) is 24.2 Å². The molecule has 0 aliphatic carbocycles. The first kappa shape index (κ1) is 16.6. The first-order chi connectivity index (χ1) is 10.8. The zero-order chi connectivity index (χ0) is 15.6. The number of rotatable bonds is 9. The molecule has 1 heterocycles. The Kier molecular flexibility index (Phi) is 6.97. The third-order valence-corrected chi connectivity index (χ3v) is 3.64. The summed E-state index contributed by atoms with van der Waals surface area (Å²) in [5, 5.41) is 7.42. The third kappa shape index (κ3) is 5.90. The van der Waals surface area contributed by atoms with Crippen LogP contribution in [-0.4, -0.2) is 23.1 Å². The van der Waals surface area contributed by atoms with Crippen LogP contribution in [-0.2, 0) is 6.42 Å². The molecular formula is C17H23ClN4. The molecule has 0 saturated carbocycles. The minimum absolute atomic E-state index is 0.770. The number of unbranched alkanes of at least 4 members (excludes halogenated alkanes) is 2. The molecule has 2 N–H and O–H groups in total. The molecule has 118 valence electrons. The minimum atomic E-state index is 0.770. The van der Waals surface area contributed by atoms with E-state index in [9.17, 15) is 0 Å². The molecule has 22 heavy (non-hydrogen) atoms. The van der Waals surface area contributed by atoms with Crippen LogP contribution in [0, 0.1) is 0 Å². The monoisotopic (exact) mass is 318 g/mol. The predicted molar refractivity (Wildman–Crippen MR) is 93.7 cm³/mol. The van der Waals surface area contributed by atoms with E-state index in [1.165, 1.54) is 24.8 Å². The van der Waals surface area contributed by atoms with Crippen LogP contribution in [0.2, 0.25) is 5.02 Å². The standard InChI is InChI=1S/C17H23ClN4/c1-2-3-4-10-19-16-12-17(22-13-21-16)20-11-9-14-5-7-15(18)8-6-14/h5-8,12-13H,2-4,9-11H2,1H3,(H2,19,20,21,22). The second kappa shape index (κ2) is 9.26. The zero-order valence-corrected chi connectivity index (χ0v) is 13.7. The van der Waals surface area contributed by atoms with Gasteiger partial charge in [-0.25, -0.2) is 9.97 Å². The Hall–Kier alpha value is -1.81. The highest BCUT2D eigenvalue weighted by molar-refractivity contribution is 6.30. The van der Waals surface area contributed by atoms with Gasteiger partial charge in [0.25, 0.3) is 0 Å². The number of hydrogen-bond acceptors (Lipinski definition) is 4. The van der Waals surface area contributed by atoms with Crippen molar-refractivity contribution in [1.29, 1.82) is 0 Å². The Morgan fingerprint density at radius 3 is 2.32 bits per heavy atom. The van der Waals surface area contributed by atoms with E-state index in [2.05, 4.69) is 27.5 Å². The molecule has 2 aromatic rings. The zero-order valence-electron chi connectivity index (χ0n) is 13.0. The Labute approximate surface area is 137 Å². The van der Waals surface area contributed by atoms with E-state index < -0.39 is 0 Å². The van der Waals surface area contributed by atoms with Crippen molar-refractivity contribution in [3.8, 4) is 0 Å². The lowest BCUT2D eigenvalue weighted by atomic mass is 10.1. The summed E-state index contributed by atoms with van der Waals surface area (Å²) >= 11 is 5.88. The smallest absolute Gasteiger partial charge is 0.131 e. The molecule has 0 amide bonds. The van der Waals surface area contributed by atoms with Crippen LogP contribution in [0.15, 0.2) is 36.7 Å². The fraction of sp³-hybridized carbons (Fsp3) is 0.412. The molecule has 5 heteroatoms. The number of halogens is 1. The summed E-state index contributed by atoms with van der Waals surface area (Å²) in [6.07, 6.45) is 6.15. The van der Waals surface area contributed by atoms with Gasteiger partial charge in [0.2, 0.25) is 0 Å². The Morgan fingerprint density at radius 2 is 1.64 bits per heavy atom. The number of aromatic nitrogens is 2. The molecule has 4 nitrogen and oxygen atoms in total. The van der Waals surface area contributed by atoms with Gasteiger partial charge < -0.3 is 10.6 Å². The average molecular weight is 319 g/mol. The average Bonchev–Trinajstić information content (AvgIpc) is 2.54. The predicted octanol–water partition coefficient (Wildman–Crippen LogP) is 4.39. The fourth-order valence-electron chi connectivity index (χ4n) is 2.13. The molecular weight excluding hydrogens is 296 g/mol. The first-order valence-electron chi connectivity index (χ1n) is 7.82. The van der Waals surface area contributed by atoms with E-state index in [0.717, 1.165) is 36.2 Å². The van der Waals surface area contributed by atoms with Gasteiger partial charge >= 0.3 is 0 Å². The van der Waals surface area contributed by atoms with Crippen LogP contribution in [0.25, 0.3) is 0 Å². The van der Waals surface area contributed by atoms with Crippen molar-refractivity contribution >= 4 is 23.2 Å². The SMILES string of the molecule is CCCCCNc1cc(NCCc2ccc(Cl)cc2)ncn1. The molecule has 1 aromatic carbocycles. The molecule has 0 aliphatic heterocycles. The number of hydrogen-bond donors (Lipinski definition) is 2. The number of benzene rings is 1. The number of nitrogens with one attached hydrogen (secondary N) is 2. The van der Waals surface area contributed by atoms with Crippen LogP contribution >= 0.6 is 11.6 Å². The molecule has 2 rings (SSSR count). The quantitative estimate of drug-likeness (QED) is 0.673. The highest BCUT2D eigenvalue weighted by Gasteiger charge is 1.99. The maximum atomic E-state index is 5.88. The molecule has 0 spiro atoms. The van der Waals surface area contributed by atoms with Gasteiger partial charge in [-0.05, 0) is 30.5 Å². The summed E-state index contributed by atoms with van der Waals surface area (Å²) < 4.78 is 0. The Morgan fingerprint density at radius 1 is 0.955 bits per heavy atom. The molecule has 1 aromatic heterocycles. The maximum absolute atomic E-state index is 5.88. The van der Waals surface area contributed by atoms with E-state index in [4.69, 9.17) is 11.6 Å². The lowest BCUT2D eigenvalue weighted by molar-refractivity contribution is 0.742. The van der Waals surface area contributed by atoms with E-state index in [1.807, 2.05) is 30.3 Å². The van der Waals surface area contributed by atoms with E-state index in [0.29, 0.717) is 0 Å².